The largest absolute Gasteiger partial charge is 0.395 e. The maximum absolute atomic E-state index is 11.9. The zero-order valence-electron chi connectivity index (χ0n) is 9.96. The summed E-state index contributed by atoms with van der Waals surface area (Å²) in [5.74, 6) is -0.984. The molecular weight excluding hydrogens is 246 g/mol. The van der Waals surface area contributed by atoms with Gasteiger partial charge in [0.2, 0.25) is 0 Å². The molecule has 6 heteroatoms. The van der Waals surface area contributed by atoms with Crippen molar-refractivity contribution in [1.29, 1.82) is 5.26 Å². The molecule has 0 radical (unpaired) electrons. The second-order valence-electron chi connectivity index (χ2n) is 3.86. The van der Waals surface area contributed by atoms with Crippen LogP contribution in [0.4, 0.5) is 5.69 Å². The van der Waals surface area contributed by atoms with Crippen molar-refractivity contribution in [3.63, 3.8) is 0 Å². The minimum atomic E-state index is -0.508. The number of aliphatic hydroxyl groups is 1. The van der Waals surface area contributed by atoms with E-state index in [-0.39, 0.29) is 18.8 Å². The summed E-state index contributed by atoms with van der Waals surface area (Å²) in [5.41, 5.74) is 0.939. The van der Waals surface area contributed by atoms with Crippen LogP contribution in [-0.2, 0) is 9.59 Å². The van der Waals surface area contributed by atoms with E-state index in [1.807, 2.05) is 6.07 Å². The normalized spacial score (nSPS) is 14.3. The number of amides is 2. The first-order valence-electron chi connectivity index (χ1n) is 5.62. The van der Waals surface area contributed by atoms with Crippen LogP contribution in [0.3, 0.4) is 0 Å². The molecular formula is C13H11N3O3. The molecule has 1 aromatic carbocycles. The van der Waals surface area contributed by atoms with Crippen molar-refractivity contribution >= 4 is 17.5 Å². The van der Waals surface area contributed by atoms with E-state index in [9.17, 15) is 9.59 Å². The minimum absolute atomic E-state index is 0.0424. The van der Waals surface area contributed by atoms with Gasteiger partial charge in [0, 0.05) is 6.08 Å². The molecule has 0 saturated heterocycles. The van der Waals surface area contributed by atoms with Gasteiger partial charge < -0.3 is 10.4 Å². The lowest BCUT2D eigenvalue weighted by atomic mass is 10.2. The first kappa shape index (κ1) is 12.8. The Labute approximate surface area is 109 Å². The molecule has 1 heterocycles. The number of nitrogens with zero attached hydrogens (tertiary/aromatic N) is 2. The third-order valence-electron chi connectivity index (χ3n) is 2.65. The third-order valence-corrected chi connectivity index (χ3v) is 2.65. The molecule has 96 valence electrons. The van der Waals surface area contributed by atoms with E-state index in [1.54, 1.807) is 24.3 Å². The molecule has 0 aromatic heterocycles. The smallest absolute Gasteiger partial charge is 0.277 e. The minimum Gasteiger partial charge on any atom is -0.395 e. The van der Waals surface area contributed by atoms with Crippen molar-refractivity contribution in [2.45, 2.75) is 0 Å². The predicted molar refractivity (Wildman–Crippen MR) is 66.7 cm³/mol. The standard InChI is InChI=1S/C13H11N3O3/c14-8-9-3-1-2-4-10(9)15-11-7-12(18)16(5-6-17)13(11)19/h1-4,7,15,17H,5-6H2. The van der Waals surface area contributed by atoms with Crippen LogP contribution < -0.4 is 5.32 Å². The molecule has 1 aliphatic rings. The van der Waals surface area contributed by atoms with Gasteiger partial charge in [0.05, 0.1) is 24.4 Å². The second kappa shape index (κ2) is 5.33. The van der Waals surface area contributed by atoms with Gasteiger partial charge in [-0.3, -0.25) is 14.5 Å². The van der Waals surface area contributed by atoms with Gasteiger partial charge in [-0.25, -0.2) is 0 Å². The number of β-amino-alcohol motifs (C(OH)–C–C–N with tert-alkyl or cyclic N) is 1. The van der Waals surface area contributed by atoms with Gasteiger partial charge in [-0.2, -0.15) is 5.26 Å². The number of aliphatic hydroxyl groups excluding tert-OH is 1. The van der Waals surface area contributed by atoms with Crippen LogP contribution >= 0.6 is 0 Å². The zero-order chi connectivity index (χ0) is 13.8. The Hall–Kier alpha value is -2.65. The van der Waals surface area contributed by atoms with Gasteiger partial charge in [-0.15, -0.1) is 0 Å². The zero-order valence-corrected chi connectivity index (χ0v) is 9.96. The number of benzene rings is 1. The molecule has 2 rings (SSSR count). The van der Waals surface area contributed by atoms with Crippen LogP contribution in [0.15, 0.2) is 36.0 Å². The van der Waals surface area contributed by atoms with E-state index in [0.29, 0.717) is 11.3 Å². The van der Waals surface area contributed by atoms with Crippen molar-refractivity contribution in [3.05, 3.63) is 41.6 Å². The highest BCUT2D eigenvalue weighted by Crippen LogP contribution is 2.19. The van der Waals surface area contributed by atoms with Crippen molar-refractivity contribution in [2.75, 3.05) is 18.5 Å². The molecule has 0 spiro atoms. The monoisotopic (exact) mass is 257 g/mol. The number of nitriles is 1. The van der Waals surface area contributed by atoms with Gasteiger partial charge in [-0.05, 0) is 12.1 Å². The van der Waals surface area contributed by atoms with Crippen LogP contribution in [0.5, 0.6) is 0 Å². The van der Waals surface area contributed by atoms with E-state index in [2.05, 4.69) is 5.32 Å². The number of nitrogens with one attached hydrogen (secondary N) is 1. The summed E-state index contributed by atoms with van der Waals surface area (Å²) in [6, 6.07) is 8.67. The molecule has 6 nitrogen and oxygen atoms in total. The molecule has 1 aliphatic heterocycles. The topological polar surface area (TPSA) is 93.4 Å². The first-order valence-corrected chi connectivity index (χ1v) is 5.62. The second-order valence-corrected chi connectivity index (χ2v) is 3.86. The summed E-state index contributed by atoms with van der Waals surface area (Å²) in [4.78, 5) is 24.4. The number of rotatable bonds is 4. The van der Waals surface area contributed by atoms with Crippen LogP contribution in [0, 0.1) is 11.3 Å². The maximum Gasteiger partial charge on any atom is 0.277 e. The lowest BCUT2D eigenvalue weighted by Crippen LogP contribution is -2.34. The molecule has 19 heavy (non-hydrogen) atoms. The van der Waals surface area contributed by atoms with E-state index >= 15 is 0 Å². The van der Waals surface area contributed by atoms with E-state index < -0.39 is 11.8 Å². The molecule has 1 aromatic rings. The lowest BCUT2D eigenvalue weighted by molar-refractivity contribution is -0.137. The number of carbonyl (C=O) groups excluding carboxylic acids is 2. The summed E-state index contributed by atoms with van der Waals surface area (Å²) in [6.07, 6.45) is 1.16. The van der Waals surface area contributed by atoms with Gasteiger partial charge >= 0.3 is 0 Å². The SMILES string of the molecule is N#Cc1ccccc1NC1=CC(=O)N(CCO)C1=O. The Kier molecular flexibility index (Phi) is 3.59. The fourth-order valence-electron chi connectivity index (χ4n) is 1.74. The molecule has 0 saturated carbocycles. The predicted octanol–water partition coefficient (Wildman–Crippen LogP) is 0.215. The number of para-hydroxylation sites is 1. The van der Waals surface area contributed by atoms with Gasteiger partial charge in [0.25, 0.3) is 11.8 Å². The van der Waals surface area contributed by atoms with Crippen LogP contribution in [-0.4, -0.2) is 35.0 Å². The summed E-state index contributed by atoms with van der Waals surface area (Å²) in [7, 11) is 0. The Bertz CT molecular complexity index is 601. The molecule has 2 N–H and O–H groups in total. The Morgan fingerprint density at radius 2 is 2.05 bits per heavy atom. The summed E-state index contributed by atoms with van der Waals surface area (Å²) in [6.45, 7) is -0.327. The lowest BCUT2D eigenvalue weighted by Gasteiger charge is -2.13. The highest BCUT2D eigenvalue weighted by atomic mass is 16.3. The van der Waals surface area contributed by atoms with Crippen molar-refractivity contribution < 1.29 is 14.7 Å². The average molecular weight is 257 g/mol. The number of anilines is 1. The fraction of sp³-hybridized carbons (Fsp3) is 0.154. The van der Waals surface area contributed by atoms with E-state index in [0.717, 1.165) is 11.0 Å². The number of carbonyl (C=O) groups is 2. The fourth-order valence-corrected chi connectivity index (χ4v) is 1.74. The number of hydrogen-bond donors (Lipinski definition) is 2. The van der Waals surface area contributed by atoms with Crippen LogP contribution in [0.25, 0.3) is 0 Å². The first-order chi connectivity index (χ1) is 9.17. The van der Waals surface area contributed by atoms with Gasteiger partial charge in [-0.1, -0.05) is 12.1 Å². The maximum atomic E-state index is 11.9. The molecule has 2 amide bonds. The van der Waals surface area contributed by atoms with Crippen LogP contribution in [0.1, 0.15) is 5.56 Å². The Morgan fingerprint density at radius 3 is 2.74 bits per heavy atom. The highest BCUT2D eigenvalue weighted by molar-refractivity contribution is 6.17. The summed E-state index contributed by atoms with van der Waals surface area (Å²) < 4.78 is 0. The summed E-state index contributed by atoms with van der Waals surface area (Å²) >= 11 is 0. The summed E-state index contributed by atoms with van der Waals surface area (Å²) in [5, 5.41) is 20.5. The van der Waals surface area contributed by atoms with Gasteiger partial charge in [0.15, 0.2) is 0 Å². The number of hydrogen-bond acceptors (Lipinski definition) is 5. The van der Waals surface area contributed by atoms with Gasteiger partial charge in [0.1, 0.15) is 11.8 Å². The van der Waals surface area contributed by atoms with Crippen molar-refractivity contribution in [3.8, 4) is 6.07 Å². The molecule has 0 atom stereocenters. The number of imide groups is 1. The quantitative estimate of drug-likeness (QED) is 0.752. The third kappa shape index (κ3) is 2.46. The van der Waals surface area contributed by atoms with Crippen LogP contribution in [0.2, 0.25) is 0 Å². The van der Waals surface area contributed by atoms with Crippen molar-refractivity contribution in [1.82, 2.24) is 4.90 Å². The molecule has 0 fully saturated rings. The Balaban J connectivity index is 2.21. The molecule has 0 unspecified atom stereocenters. The van der Waals surface area contributed by atoms with E-state index in [4.69, 9.17) is 10.4 Å². The van der Waals surface area contributed by atoms with E-state index in [1.165, 1.54) is 0 Å². The molecule has 0 bridgehead atoms. The van der Waals surface area contributed by atoms with Crippen molar-refractivity contribution in [2.24, 2.45) is 0 Å². The Morgan fingerprint density at radius 1 is 1.32 bits per heavy atom. The average Bonchev–Trinajstić information content (AvgIpc) is 2.67. The molecule has 0 aliphatic carbocycles. The highest BCUT2D eigenvalue weighted by Gasteiger charge is 2.30.